The predicted molar refractivity (Wildman–Crippen MR) is 258 cm³/mol. The van der Waals surface area contributed by atoms with Crippen LogP contribution in [0.2, 0.25) is 0 Å². The summed E-state index contributed by atoms with van der Waals surface area (Å²) in [7, 11) is 0. The van der Waals surface area contributed by atoms with E-state index < -0.39 is 0 Å². The second-order valence-corrected chi connectivity index (χ2v) is 16.7. The van der Waals surface area contributed by atoms with Crippen molar-refractivity contribution >= 4 is 21.8 Å². The molecule has 7 nitrogen and oxygen atoms in total. The summed E-state index contributed by atoms with van der Waals surface area (Å²) in [6.07, 6.45) is 0. The SMILES string of the molecule is CC1(C)c2ccccc2-c2ccc(-c3nc(-c4ccccc4)nc(-c4ccc(-n5c6ccccc6c6ccccc65)c(-c5nc(-c6ccccc6)nc(-c6ccccc6)n5)c4)n3)cc21. The summed E-state index contributed by atoms with van der Waals surface area (Å²) in [5, 5.41) is 2.32. The summed E-state index contributed by atoms with van der Waals surface area (Å²) in [6.45, 7) is 4.59. The summed E-state index contributed by atoms with van der Waals surface area (Å²) in [5.74, 6) is 3.43. The Labute approximate surface area is 370 Å². The molecule has 12 rings (SSSR count). The second-order valence-electron chi connectivity index (χ2n) is 16.7. The van der Waals surface area contributed by atoms with E-state index >= 15 is 0 Å². The lowest BCUT2D eigenvalue weighted by atomic mass is 9.82. The van der Waals surface area contributed by atoms with Gasteiger partial charge in [0, 0.05) is 49.6 Å². The van der Waals surface area contributed by atoms with Gasteiger partial charge in [-0.2, -0.15) is 0 Å². The second kappa shape index (κ2) is 14.9. The van der Waals surface area contributed by atoms with Crippen LogP contribution >= 0.6 is 0 Å². The van der Waals surface area contributed by atoms with Gasteiger partial charge in [-0.25, -0.2) is 29.9 Å². The normalized spacial score (nSPS) is 12.7. The fourth-order valence-electron chi connectivity index (χ4n) is 9.35. The van der Waals surface area contributed by atoms with Crippen molar-refractivity contribution in [3.05, 3.63) is 211 Å². The van der Waals surface area contributed by atoms with Gasteiger partial charge in [0.2, 0.25) is 0 Å². The first-order chi connectivity index (χ1) is 31.5. The Morgan fingerprint density at radius 1 is 0.312 bits per heavy atom. The summed E-state index contributed by atoms with van der Waals surface area (Å²) in [4.78, 5) is 31.3. The molecule has 3 aromatic heterocycles. The zero-order chi connectivity index (χ0) is 42.8. The van der Waals surface area contributed by atoms with E-state index in [1.54, 1.807) is 0 Å². The number of aromatic nitrogens is 7. The van der Waals surface area contributed by atoms with Crippen molar-refractivity contribution < 1.29 is 0 Å². The van der Waals surface area contributed by atoms with Gasteiger partial charge >= 0.3 is 0 Å². The van der Waals surface area contributed by atoms with Crippen LogP contribution in [0.15, 0.2) is 200 Å². The van der Waals surface area contributed by atoms with Crippen LogP contribution in [0.25, 0.3) is 107 Å². The summed E-state index contributed by atoms with van der Waals surface area (Å²) in [5.41, 5.74) is 13.2. The minimum absolute atomic E-state index is 0.181. The molecule has 0 bridgehead atoms. The van der Waals surface area contributed by atoms with E-state index in [-0.39, 0.29) is 5.41 Å². The van der Waals surface area contributed by atoms with Gasteiger partial charge in [-0.15, -0.1) is 0 Å². The Bertz CT molecular complexity index is 3470. The average molecular weight is 822 g/mol. The molecular weight excluding hydrogens is 783 g/mol. The van der Waals surface area contributed by atoms with Gasteiger partial charge in [0.25, 0.3) is 0 Å². The number of nitrogens with zero attached hydrogens (tertiary/aromatic N) is 7. The quantitative estimate of drug-likeness (QED) is 0.159. The molecule has 0 N–H and O–H groups in total. The van der Waals surface area contributed by atoms with Crippen LogP contribution in [0.4, 0.5) is 0 Å². The molecule has 0 amide bonds. The first kappa shape index (κ1) is 37.4. The van der Waals surface area contributed by atoms with Crippen LogP contribution < -0.4 is 0 Å². The summed E-state index contributed by atoms with van der Waals surface area (Å²) >= 11 is 0. The summed E-state index contributed by atoms with van der Waals surface area (Å²) < 4.78 is 2.32. The monoisotopic (exact) mass is 821 g/mol. The van der Waals surface area contributed by atoms with Crippen LogP contribution in [0.5, 0.6) is 0 Å². The molecule has 0 unspecified atom stereocenters. The lowest BCUT2D eigenvalue weighted by Crippen LogP contribution is -2.15. The predicted octanol–water partition coefficient (Wildman–Crippen LogP) is 13.5. The van der Waals surface area contributed by atoms with Gasteiger partial charge in [0.15, 0.2) is 34.9 Å². The molecule has 302 valence electrons. The fourth-order valence-corrected chi connectivity index (χ4v) is 9.35. The first-order valence-corrected chi connectivity index (χ1v) is 21.5. The molecule has 1 aliphatic rings. The Hall–Kier alpha value is -8.42. The van der Waals surface area contributed by atoms with Crippen molar-refractivity contribution in [2.45, 2.75) is 19.3 Å². The molecule has 0 spiro atoms. The number of rotatable bonds is 7. The smallest absolute Gasteiger partial charge is 0.166 e. The van der Waals surface area contributed by atoms with Crippen LogP contribution in [-0.4, -0.2) is 34.5 Å². The van der Waals surface area contributed by atoms with Crippen LogP contribution in [0.1, 0.15) is 25.0 Å². The molecule has 0 radical (unpaired) electrons. The van der Waals surface area contributed by atoms with Crippen LogP contribution in [0.3, 0.4) is 0 Å². The van der Waals surface area contributed by atoms with Crippen molar-refractivity contribution in [1.82, 2.24) is 34.5 Å². The van der Waals surface area contributed by atoms with E-state index in [4.69, 9.17) is 29.9 Å². The number of benzene rings is 8. The standard InChI is InChI=1S/C57H39N7/c1-57(2)46-27-15-12-24-41(46)42-32-30-40(35-47(42)57)55-60-51(36-18-6-3-7-19-36)59-54(61-55)39-31-33-50(64-48-28-16-13-25-43(48)44-26-14-17-29-49(44)64)45(34-39)56-62-52(37-20-8-4-9-21-37)58-53(63-56)38-22-10-5-11-23-38/h3-35H,1-2H3. The molecule has 1 aliphatic carbocycles. The topological polar surface area (TPSA) is 82.3 Å². The highest BCUT2D eigenvalue weighted by molar-refractivity contribution is 6.09. The molecule has 3 heterocycles. The van der Waals surface area contributed by atoms with E-state index in [2.05, 4.69) is 128 Å². The third-order valence-corrected chi connectivity index (χ3v) is 12.5. The largest absolute Gasteiger partial charge is 0.309 e. The Kier molecular flexibility index (Phi) is 8.69. The van der Waals surface area contributed by atoms with Crippen molar-refractivity contribution in [3.8, 4) is 85.1 Å². The number of para-hydroxylation sites is 2. The van der Waals surface area contributed by atoms with Gasteiger partial charge in [-0.3, -0.25) is 0 Å². The Morgan fingerprint density at radius 3 is 1.27 bits per heavy atom. The van der Waals surface area contributed by atoms with E-state index in [1.807, 2.05) is 91.0 Å². The van der Waals surface area contributed by atoms with Crippen molar-refractivity contribution in [1.29, 1.82) is 0 Å². The maximum absolute atomic E-state index is 5.30. The third kappa shape index (κ3) is 6.20. The van der Waals surface area contributed by atoms with Crippen LogP contribution in [-0.2, 0) is 5.41 Å². The minimum atomic E-state index is -0.181. The van der Waals surface area contributed by atoms with Crippen molar-refractivity contribution in [2.24, 2.45) is 0 Å². The molecule has 0 saturated carbocycles. The first-order valence-electron chi connectivity index (χ1n) is 21.5. The lowest BCUT2D eigenvalue weighted by molar-refractivity contribution is 0.660. The fraction of sp³-hybridized carbons (Fsp3) is 0.0526. The zero-order valence-corrected chi connectivity index (χ0v) is 35.2. The van der Waals surface area contributed by atoms with E-state index in [0.717, 1.165) is 60.9 Å². The highest BCUT2D eigenvalue weighted by Gasteiger charge is 2.35. The molecule has 7 heteroatoms. The van der Waals surface area contributed by atoms with Gasteiger partial charge in [-0.1, -0.05) is 178 Å². The van der Waals surface area contributed by atoms with E-state index in [0.29, 0.717) is 34.9 Å². The minimum Gasteiger partial charge on any atom is -0.309 e. The third-order valence-electron chi connectivity index (χ3n) is 12.5. The molecule has 0 aliphatic heterocycles. The molecule has 64 heavy (non-hydrogen) atoms. The highest BCUT2D eigenvalue weighted by Crippen LogP contribution is 2.49. The van der Waals surface area contributed by atoms with Gasteiger partial charge in [-0.05, 0) is 58.7 Å². The zero-order valence-electron chi connectivity index (χ0n) is 35.2. The van der Waals surface area contributed by atoms with Crippen LogP contribution in [0, 0.1) is 0 Å². The number of hydrogen-bond donors (Lipinski definition) is 0. The molecular formula is C57H39N7. The molecule has 8 aromatic carbocycles. The molecule has 0 fully saturated rings. The van der Waals surface area contributed by atoms with Gasteiger partial charge < -0.3 is 4.57 Å². The Balaban J connectivity index is 1.11. The van der Waals surface area contributed by atoms with Crippen molar-refractivity contribution in [2.75, 3.05) is 0 Å². The van der Waals surface area contributed by atoms with Gasteiger partial charge in [0.05, 0.1) is 16.7 Å². The van der Waals surface area contributed by atoms with Gasteiger partial charge in [0.1, 0.15) is 0 Å². The number of hydrogen-bond acceptors (Lipinski definition) is 6. The average Bonchev–Trinajstić information content (AvgIpc) is 3.82. The van der Waals surface area contributed by atoms with E-state index in [9.17, 15) is 0 Å². The lowest BCUT2D eigenvalue weighted by Gasteiger charge is -2.21. The maximum Gasteiger partial charge on any atom is 0.166 e. The van der Waals surface area contributed by atoms with E-state index in [1.165, 1.54) is 22.3 Å². The summed E-state index contributed by atoms with van der Waals surface area (Å²) in [6, 6.07) is 69.1. The van der Waals surface area contributed by atoms with Crippen molar-refractivity contribution in [3.63, 3.8) is 0 Å². The molecule has 11 aromatic rings. The Morgan fingerprint density at radius 2 is 0.719 bits per heavy atom. The highest BCUT2D eigenvalue weighted by atomic mass is 15.1. The molecule has 0 saturated heterocycles. The number of fused-ring (bicyclic) bond motifs is 6. The maximum atomic E-state index is 5.30. The molecule has 0 atom stereocenters.